The summed E-state index contributed by atoms with van der Waals surface area (Å²) in [6, 6.07) is 15.9. The Morgan fingerprint density at radius 3 is 2.30 bits per heavy atom. The summed E-state index contributed by atoms with van der Waals surface area (Å²) in [6.45, 7) is 13.3. The van der Waals surface area contributed by atoms with Crippen LogP contribution in [0.2, 0.25) is 0 Å². The maximum atomic E-state index is 12.5. The molecule has 40 heavy (non-hydrogen) atoms. The van der Waals surface area contributed by atoms with E-state index in [1.54, 1.807) is 4.90 Å². The lowest BCUT2D eigenvalue weighted by Crippen LogP contribution is -2.39. The second-order valence-electron chi connectivity index (χ2n) is 13.4. The van der Waals surface area contributed by atoms with Gasteiger partial charge in [-0.15, -0.1) is 0 Å². The first kappa shape index (κ1) is 28.3. The summed E-state index contributed by atoms with van der Waals surface area (Å²) in [5.74, 6) is 1.75. The minimum absolute atomic E-state index is 0.212. The smallest absolute Gasteiger partial charge is 0.410 e. The predicted octanol–water partition coefficient (Wildman–Crippen LogP) is 8.86. The highest BCUT2D eigenvalue weighted by molar-refractivity contribution is 5.73. The molecule has 2 aliphatic carbocycles. The highest BCUT2D eigenvalue weighted by Gasteiger charge is 2.33. The first-order valence-electron chi connectivity index (χ1n) is 14.9. The molecule has 4 heteroatoms. The Hall–Kier alpha value is -3.27. The molecule has 0 saturated carbocycles. The molecule has 2 aromatic carbocycles. The molecule has 0 bridgehead atoms. The first-order valence-corrected chi connectivity index (χ1v) is 14.9. The van der Waals surface area contributed by atoms with E-state index in [2.05, 4.69) is 87.5 Å². The Morgan fingerprint density at radius 1 is 0.900 bits per heavy atom. The van der Waals surface area contributed by atoms with Crippen LogP contribution in [0.25, 0.3) is 5.57 Å². The van der Waals surface area contributed by atoms with Gasteiger partial charge in [0.25, 0.3) is 0 Å². The van der Waals surface area contributed by atoms with Gasteiger partial charge in [0.05, 0.1) is 0 Å². The quantitative estimate of drug-likeness (QED) is 0.389. The van der Waals surface area contributed by atoms with E-state index < -0.39 is 5.60 Å². The number of aryl methyl sites for hydroxylation is 1. The number of hydrogen-bond acceptors (Lipinski definition) is 3. The molecule has 0 radical (unpaired) electrons. The van der Waals surface area contributed by atoms with Gasteiger partial charge in [0.15, 0.2) is 0 Å². The van der Waals surface area contributed by atoms with Gasteiger partial charge < -0.3 is 14.4 Å². The van der Waals surface area contributed by atoms with Crippen molar-refractivity contribution in [1.82, 2.24) is 4.90 Å². The zero-order valence-corrected chi connectivity index (χ0v) is 25.1. The van der Waals surface area contributed by atoms with Crippen molar-refractivity contribution in [2.45, 2.75) is 90.8 Å². The van der Waals surface area contributed by atoms with Crippen LogP contribution in [0.15, 0.2) is 72.3 Å². The molecule has 2 atom stereocenters. The molecular formula is C36H45NO3. The molecule has 4 nitrogen and oxygen atoms in total. The summed E-state index contributed by atoms with van der Waals surface area (Å²) in [7, 11) is 0. The highest BCUT2D eigenvalue weighted by atomic mass is 16.6. The lowest BCUT2D eigenvalue weighted by atomic mass is 9.68. The highest BCUT2D eigenvalue weighted by Crippen LogP contribution is 2.46. The Labute approximate surface area is 240 Å². The minimum Gasteiger partial charge on any atom is -0.488 e. The SMILES string of the molecule is CC(C)(C)OC(=O)N1CC=C(c2ccc(C3c4ccc(OC(C)(C)C)cc4CCC3C3=CCCC=C3)cc2)CC1. The molecule has 2 unspecified atom stereocenters. The van der Waals surface area contributed by atoms with Crippen molar-refractivity contribution >= 4 is 11.7 Å². The van der Waals surface area contributed by atoms with Gasteiger partial charge >= 0.3 is 6.09 Å². The van der Waals surface area contributed by atoms with E-state index in [4.69, 9.17) is 9.47 Å². The van der Waals surface area contributed by atoms with Gasteiger partial charge in [-0.05, 0) is 125 Å². The third kappa shape index (κ3) is 6.71. The van der Waals surface area contributed by atoms with Crippen molar-refractivity contribution in [3.8, 4) is 5.75 Å². The van der Waals surface area contributed by atoms with Crippen molar-refractivity contribution in [2.24, 2.45) is 5.92 Å². The van der Waals surface area contributed by atoms with Gasteiger partial charge in [-0.25, -0.2) is 4.79 Å². The normalized spacial score (nSPS) is 21.3. The average Bonchev–Trinajstić information content (AvgIpc) is 2.91. The van der Waals surface area contributed by atoms with Gasteiger partial charge in [0.1, 0.15) is 17.0 Å². The standard InChI is InChI=1S/C36H45NO3/c1-35(2,3)39-30-17-19-32-29(24-30)16-18-31(27-10-8-7-9-11-27)33(32)28-14-12-25(13-15-28)26-20-22-37(23-21-26)34(38)40-36(4,5)6/h8,10-15,17,19-20,24,31,33H,7,9,16,18,21-23H2,1-6H3. The molecule has 0 fully saturated rings. The Bertz CT molecular complexity index is 1320. The topological polar surface area (TPSA) is 38.8 Å². The predicted molar refractivity (Wildman–Crippen MR) is 164 cm³/mol. The van der Waals surface area contributed by atoms with E-state index in [9.17, 15) is 4.79 Å². The fraction of sp³-hybridized carbons (Fsp3) is 0.472. The van der Waals surface area contributed by atoms with Crippen LogP contribution in [0.5, 0.6) is 5.75 Å². The molecule has 3 aliphatic rings. The van der Waals surface area contributed by atoms with Gasteiger partial charge in [0, 0.05) is 19.0 Å². The van der Waals surface area contributed by atoms with Gasteiger partial charge in [-0.3, -0.25) is 0 Å². The van der Waals surface area contributed by atoms with Crippen molar-refractivity contribution < 1.29 is 14.3 Å². The molecule has 1 amide bonds. The minimum atomic E-state index is -0.475. The number of carbonyl (C=O) groups excluding carboxylic acids is 1. The molecule has 0 spiro atoms. The summed E-state index contributed by atoms with van der Waals surface area (Å²) in [5, 5.41) is 0. The van der Waals surface area contributed by atoms with Crippen molar-refractivity contribution in [3.63, 3.8) is 0 Å². The van der Waals surface area contributed by atoms with Crippen LogP contribution < -0.4 is 4.74 Å². The number of carbonyl (C=O) groups is 1. The van der Waals surface area contributed by atoms with E-state index in [1.807, 2.05) is 20.8 Å². The number of ether oxygens (including phenoxy) is 2. The van der Waals surface area contributed by atoms with Crippen molar-refractivity contribution in [3.05, 3.63) is 94.6 Å². The van der Waals surface area contributed by atoms with Crippen LogP contribution in [-0.4, -0.2) is 35.3 Å². The molecule has 1 aliphatic heterocycles. The summed E-state index contributed by atoms with van der Waals surface area (Å²) < 4.78 is 11.8. The third-order valence-electron chi connectivity index (χ3n) is 7.95. The number of rotatable bonds is 4. The molecule has 5 rings (SSSR count). The fourth-order valence-corrected chi connectivity index (χ4v) is 6.22. The fourth-order valence-electron chi connectivity index (χ4n) is 6.22. The first-order chi connectivity index (χ1) is 19.0. The average molecular weight is 540 g/mol. The van der Waals surface area contributed by atoms with Crippen LogP contribution in [0, 0.1) is 5.92 Å². The van der Waals surface area contributed by atoms with Crippen LogP contribution in [0.4, 0.5) is 4.79 Å². The lowest BCUT2D eigenvalue weighted by molar-refractivity contribution is 0.0270. The molecule has 212 valence electrons. The van der Waals surface area contributed by atoms with E-state index in [0.717, 1.165) is 37.9 Å². The van der Waals surface area contributed by atoms with E-state index in [1.165, 1.54) is 33.4 Å². The summed E-state index contributed by atoms with van der Waals surface area (Å²) in [5.41, 5.74) is 7.54. The number of amides is 1. The van der Waals surface area contributed by atoms with E-state index >= 15 is 0 Å². The second kappa shape index (κ2) is 11.3. The lowest BCUT2D eigenvalue weighted by Gasteiger charge is -2.36. The Balaban J connectivity index is 1.40. The summed E-state index contributed by atoms with van der Waals surface area (Å²) in [6.07, 6.45) is 14.4. The summed E-state index contributed by atoms with van der Waals surface area (Å²) >= 11 is 0. The number of benzene rings is 2. The Morgan fingerprint density at radius 2 is 1.68 bits per heavy atom. The van der Waals surface area contributed by atoms with Crippen molar-refractivity contribution in [2.75, 3.05) is 13.1 Å². The zero-order chi connectivity index (χ0) is 28.5. The van der Waals surface area contributed by atoms with Crippen molar-refractivity contribution in [1.29, 1.82) is 0 Å². The number of allylic oxidation sites excluding steroid dienone is 4. The van der Waals surface area contributed by atoms with Gasteiger partial charge in [0.2, 0.25) is 0 Å². The van der Waals surface area contributed by atoms with Crippen LogP contribution >= 0.6 is 0 Å². The largest absolute Gasteiger partial charge is 0.488 e. The van der Waals surface area contributed by atoms with Crippen LogP contribution in [0.3, 0.4) is 0 Å². The zero-order valence-electron chi connectivity index (χ0n) is 25.1. The monoisotopic (exact) mass is 539 g/mol. The number of hydrogen-bond donors (Lipinski definition) is 0. The second-order valence-corrected chi connectivity index (χ2v) is 13.4. The summed E-state index contributed by atoms with van der Waals surface area (Å²) in [4.78, 5) is 14.3. The van der Waals surface area contributed by atoms with Crippen LogP contribution in [0.1, 0.15) is 95.4 Å². The number of nitrogens with zero attached hydrogens (tertiary/aromatic N) is 1. The molecule has 1 heterocycles. The van der Waals surface area contributed by atoms with E-state index in [0.29, 0.717) is 24.9 Å². The third-order valence-corrected chi connectivity index (χ3v) is 7.95. The maximum absolute atomic E-state index is 12.5. The Kier molecular flexibility index (Phi) is 7.99. The molecule has 0 N–H and O–H groups in total. The van der Waals surface area contributed by atoms with E-state index in [-0.39, 0.29) is 11.7 Å². The molecule has 2 aromatic rings. The molecule has 0 saturated heterocycles. The van der Waals surface area contributed by atoms with Gasteiger partial charge in [-0.1, -0.05) is 54.6 Å². The van der Waals surface area contributed by atoms with Crippen LogP contribution in [-0.2, 0) is 11.2 Å². The number of fused-ring (bicyclic) bond motifs is 1. The van der Waals surface area contributed by atoms with Gasteiger partial charge in [-0.2, -0.15) is 0 Å². The molecule has 0 aromatic heterocycles. The molecular weight excluding hydrogens is 494 g/mol. The maximum Gasteiger partial charge on any atom is 0.410 e.